The van der Waals surface area contributed by atoms with Gasteiger partial charge in [0.25, 0.3) is 0 Å². The van der Waals surface area contributed by atoms with E-state index in [2.05, 4.69) is 26.8 Å². The number of rotatable bonds is 2. The van der Waals surface area contributed by atoms with Crippen molar-refractivity contribution in [3.05, 3.63) is 23.8 Å². The van der Waals surface area contributed by atoms with E-state index in [4.69, 9.17) is 0 Å². The highest BCUT2D eigenvalue weighted by molar-refractivity contribution is 6.01. The molecule has 4 aliphatic carbocycles. The van der Waals surface area contributed by atoms with Gasteiger partial charge in [-0.25, -0.2) is 0 Å². The first-order valence-corrected chi connectivity index (χ1v) is 10.0. The van der Waals surface area contributed by atoms with Crippen LogP contribution in [0.4, 0.5) is 0 Å². The molecule has 0 bridgehead atoms. The molecule has 2 N–H and O–H groups in total. The minimum absolute atomic E-state index is 0.0662. The molecule has 138 valence electrons. The van der Waals surface area contributed by atoms with Gasteiger partial charge in [-0.05, 0) is 79.3 Å². The minimum atomic E-state index is -0.337. The maximum absolute atomic E-state index is 11.8. The Hall–Kier alpha value is -0.930. The monoisotopic (exact) mass is 344 g/mol. The van der Waals surface area contributed by atoms with Crippen LogP contribution in [0.5, 0.6) is 0 Å². The van der Waals surface area contributed by atoms with Crippen LogP contribution in [0, 0.1) is 40.4 Å². The number of hydrogen-bond donors (Lipinski definition) is 2. The zero-order chi connectivity index (χ0) is 18.0. The van der Waals surface area contributed by atoms with Crippen LogP contribution in [-0.4, -0.2) is 28.7 Å². The van der Waals surface area contributed by atoms with Gasteiger partial charge in [-0.3, -0.25) is 4.79 Å². The van der Waals surface area contributed by atoms with E-state index in [9.17, 15) is 15.0 Å². The summed E-state index contributed by atoms with van der Waals surface area (Å²) in [5.41, 5.74) is 1.30. The van der Waals surface area contributed by atoms with Crippen molar-refractivity contribution >= 4 is 5.78 Å². The standard InChI is InChI=1S/C22H32O3/c1-13(12-23)16-4-5-17-20-18(7-9-22(16,17)3)21(2)8-6-15(24)10-14(21)11-19(20)25/h6,8,10,13,16-20,23,25H,4-5,7,9,11-12H2,1-3H3/t13-,16-,17+,18+,19+,20+,21+,22-/m1/s1. The Balaban J connectivity index is 1.69. The Morgan fingerprint density at radius 2 is 2.00 bits per heavy atom. The van der Waals surface area contributed by atoms with E-state index in [1.165, 1.54) is 19.3 Å². The Kier molecular flexibility index (Phi) is 4.05. The number of aliphatic hydroxyl groups is 2. The van der Waals surface area contributed by atoms with Crippen LogP contribution in [0.25, 0.3) is 0 Å². The van der Waals surface area contributed by atoms with Crippen molar-refractivity contribution in [1.82, 2.24) is 0 Å². The summed E-state index contributed by atoms with van der Waals surface area (Å²) in [7, 11) is 0. The lowest BCUT2D eigenvalue weighted by Crippen LogP contribution is -2.55. The van der Waals surface area contributed by atoms with Gasteiger partial charge in [0, 0.05) is 12.0 Å². The zero-order valence-electron chi connectivity index (χ0n) is 15.7. The molecule has 0 aromatic rings. The van der Waals surface area contributed by atoms with Crippen LogP contribution < -0.4 is 0 Å². The first kappa shape index (κ1) is 17.5. The SMILES string of the molecule is C[C@H](CO)[C@H]1CC[C@H]2[C@@H]3[C@@H](O)CC4=CC(=O)C=C[C@]4(C)[C@H]3CC[C@]12C. The third kappa shape index (κ3) is 2.35. The van der Waals surface area contributed by atoms with E-state index in [0.717, 1.165) is 12.0 Å². The molecule has 3 fully saturated rings. The lowest BCUT2D eigenvalue weighted by atomic mass is 9.46. The Labute approximate surface area is 151 Å². The average molecular weight is 344 g/mol. The number of aliphatic hydroxyl groups excluding tert-OH is 2. The largest absolute Gasteiger partial charge is 0.396 e. The minimum Gasteiger partial charge on any atom is -0.396 e. The normalized spacial score (nSPS) is 49.9. The van der Waals surface area contributed by atoms with Crippen molar-refractivity contribution < 1.29 is 15.0 Å². The van der Waals surface area contributed by atoms with E-state index in [1.807, 2.05) is 0 Å². The Morgan fingerprint density at radius 1 is 1.24 bits per heavy atom. The fraction of sp³-hybridized carbons (Fsp3) is 0.773. The molecule has 3 saturated carbocycles. The second-order valence-electron chi connectivity index (χ2n) is 9.64. The van der Waals surface area contributed by atoms with Crippen molar-refractivity contribution in [3.63, 3.8) is 0 Å². The van der Waals surface area contributed by atoms with E-state index in [0.29, 0.717) is 36.0 Å². The predicted molar refractivity (Wildman–Crippen MR) is 97.7 cm³/mol. The summed E-state index contributed by atoms with van der Waals surface area (Å²) < 4.78 is 0. The molecule has 0 spiro atoms. The van der Waals surface area contributed by atoms with E-state index in [-0.39, 0.29) is 29.3 Å². The molecule has 4 aliphatic rings. The van der Waals surface area contributed by atoms with Gasteiger partial charge < -0.3 is 10.2 Å². The Bertz CT molecular complexity index is 635. The highest BCUT2D eigenvalue weighted by atomic mass is 16.3. The van der Waals surface area contributed by atoms with Gasteiger partial charge in [0.2, 0.25) is 0 Å². The van der Waals surface area contributed by atoms with Crippen molar-refractivity contribution in [2.45, 2.75) is 59.0 Å². The molecule has 0 saturated heterocycles. The molecule has 25 heavy (non-hydrogen) atoms. The fourth-order valence-corrected chi connectivity index (χ4v) is 7.27. The van der Waals surface area contributed by atoms with E-state index < -0.39 is 0 Å². The second kappa shape index (κ2) is 5.79. The lowest BCUT2D eigenvalue weighted by molar-refractivity contribution is -0.113. The highest BCUT2D eigenvalue weighted by Crippen LogP contribution is 2.66. The molecule has 0 aromatic heterocycles. The van der Waals surface area contributed by atoms with E-state index in [1.54, 1.807) is 12.2 Å². The van der Waals surface area contributed by atoms with Crippen molar-refractivity contribution in [1.29, 1.82) is 0 Å². The van der Waals surface area contributed by atoms with Crippen LogP contribution in [0.15, 0.2) is 23.8 Å². The molecule has 0 radical (unpaired) electrons. The highest BCUT2D eigenvalue weighted by Gasteiger charge is 2.61. The zero-order valence-corrected chi connectivity index (χ0v) is 15.7. The summed E-state index contributed by atoms with van der Waals surface area (Å²) >= 11 is 0. The maximum Gasteiger partial charge on any atom is 0.178 e. The predicted octanol–water partition coefficient (Wildman–Crippen LogP) is 3.51. The smallest absolute Gasteiger partial charge is 0.178 e. The lowest BCUT2D eigenvalue weighted by Gasteiger charge is -2.58. The molecular weight excluding hydrogens is 312 g/mol. The molecule has 8 atom stereocenters. The molecule has 0 aliphatic heterocycles. The molecule has 3 nitrogen and oxygen atoms in total. The van der Waals surface area contributed by atoms with Crippen LogP contribution in [0.2, 0.25) is 0 Å². The van der Waals surface area contributed by atoms with Gasteiger partial charge in [-0.15, -0.1) is 0 Å². The first-order chi connectivity index (χ1) is 11.8. The molecule has 4 rings (SSSR count). The van der Waals surface area contributed by atoms with Gasteiger partial charge in [-0.1, -0.05) is 32.4 Å². The molecule has 0 unspecified atom stereocenters. The van der Waals surface area contributed by atoms with Crippen LogP contribution in [0.1, 0.15) is 52.9 Å². The van der Waals surface area contributed by atoms with E-state index >= 15 is 0 Å². The molecule has 0 amide bonds. The summed E-state index contributed by atoms with van der Waals surface area (Å²) in [6.45, 7) is 7.13. The number of fused-ring (bicyclic) bond motifs is 5. The fourth-order valence-electron chi connectivity index (χ4n) is 7.27. The maximum atomic E-state index is 11.8. The third-order valence-corrected chi connectivity index (χ3v) is 8.63. The van der Waals surface area contributed by atoms with Crippen LogP contribution in [-0.2, 0) is 4.79 Å². The summed E-state index contributed by atoms with van der Waals surface area (Å²) in [6.07, 6.45) is 10.6. The van der Waals surface area contributed by atoms with Crippen LogP contribution in [0.3, 0.4) is 0 Å². The number of carbonyl (C=O) groups is 1. The van der Waals surface area contributed by atoms with Crippen LogP contribution >= 0.6 is 0 Å². The van der Waals surface area contributed by atoms with Gasteiger partial charge in [0.1, 0.15) is 0 Å². The number of allylic oxidation sites excluding steroid dienone is 3. The molecule has 0 aromatic carbocycles. The second-order valence-corrected chi connectivity index (χ2v) is 9.64. The summed E-state index contributed by atoms with van der Waals surface area (Å²) in [6, 6.07) is 0. The van der Waals surface area contributed by atoms with Crippen molar-refractivity contribution in [3.8, 4) is 0 Å². The number of ketones is 1. The van der Waals surface area contributed by atoms with Crippen molar-refractivity contribution in [2.24, 2.45) is 40.4 Å². The quantitative estimate of drug-likeness (QED) is 0.806. The Morgan fingerprint density at radius 3 is 2.72 bits per heavy atom. The van der Waals surface area contributed by atoms with Gasteiger partial charge in [0.05, 0.1) is 6.10 Å². The number of carbonyl (C=O) groups excluding carboxylic acids is 1. The van der Waals surface area contributed by atoms with Gasteiger partial charge in [0.15, 0.2) is 5.78 Å². The summed E-state index contributed by atoms with van der Waals surface area (Å²) in [5.74, 6) is 2.23. The number of hydrogen-bond acceptors (Lipinski definition) is 3. The molecule has 3 heteroatoms. The van der Waals surface area contributed by atoms with Gasteiger partial charge in [-0.2, -0.15) is 0 Å². The van der Waals surface area contributed by atoms with Gasteiger partial charge >= 0.3 is 0 Å². The molecular formula is C22H32O3. The summed E-state index contributed by atoms with van der Waals surface area (Å²) in [5, 5.41) is 20.8. The first-order valence-electron chi connectivity index (χ1n) is 10.0. The molecule has 0 heterocycles. The topological polar surface area (TPSA) is 57.5 Å². The summed E-state index contributed by atoms with van der Waals surface area (Å²) in [4.78, 5) is 11.8. The third-order valence-electron chi connectivity index (χ3n) is 8.63. The van der Waals surface area contributed by atoms with Crippen molar-refractivity contribution in [2.75, 3.05) is 6.61 Å². The average Bonchev–Trinajstić information content (AvgIpc) is 2.93.